The number of benzene rings is 1. The highest BCUT2D eigenvalue weighted by Gasteiger charge is 2.26. The molecule has 0 aromatic heterocycles. The molecule has 1 atom stereocenters. The molecule has 110 valence electrons. The van der Waals surface area contributed by atoms with Crippen molar-refractivity contribution in [3.8, 4) is 0 Å². The lowest BCUT2D eigenvalue weighted by Gasteiger charge is -2.39. The van der Waals surface area contributed by atoms with E-state index in [0.717, 1.165) is 31.9 Å². The van der Waals surface area contributed by atoms with Crippen molar-refractivity contribution in [1.29, 1.82) is 0 Å². The highest BCUT2D eigenvalue weighted by Crippen LogP contribution is 2.19. The summed E-state index contributed by atoms with van der Waals surface area (Å²) in [5, 5.41) is 0. The number of hydrogen-bond acceptors (Lipinski definition) is 4. The maximum atomic E-state index is 12.0. The number of likely N-dealkylation sites (N-methyl/N-ethyl adjacent to an activating group) is 1. The molecule has 0 spiro atoms. The third-order valence-corrected chi connectivity index (χ3v) is 3.92. The van der Waals surface area contributed by atoms with Crippen LogP contribution in [0.1, 0.15) is 6.92 Å². The van der Waals surface area contributed by atoms with Crippen LogP contribution in [0, 0.1) is 0 Å². The summed E-state index contributed by atoms with van der Waals surface area (Å²) in [6.45, 7) is 5.68. The van der Waals surface area contributed by atoms with Crippen LogP contribution < -0.4 is 10.6 Å². The molecule has 1 heterocycles. The Hall–Kier alpha value is -1.75. The molecule has 1 aromatic rings. The van der Waals surface area contributed by atoms with Crippen LogP contribution in [0.5, 0.6) is 0 Å². The van der Waals surface area contributed by atoms with Crippen LogP contribution in [0.15, 0.2) is 24.3 Å². The van der Waals surface area contributed by atoms with Crippen LogP contribution >= 0.6 is 0 Å². The van der Waals surface area contributed by atoms with Gasteiger partial charge in [0.1, 0.15) is 0 Å². The molecule has 0 aliphatic carbocycles. The Bertz CT molecular complexity index is 449. The van der Waals surface area contributed by atoms with E-state index in [4.69, 9.17) is 5.73 Å². The van der Waals surface area contributed by atoms with Crippen molar-refractivity contribution < 1.29 is 4.79 Å². The van der Waals surface area contributed by atoms with Gasteiger partial charge in [0.15, 0.2) is 0 Å². The van der Waals surface area contributed by atoms with Gasteiger partial charge in [-0.05, 0) is 31.2 Å². The van der Waals surface area contributed by atoms with Crippen LogP contribution in [0.2, 0.25) is 0 Å². The molecular weight excluding hydrogens is 252 g/mol. The number of nitrogen functional groups attached to an aromatic ring is 1. The Morgan fingerprint density at radius 1 is 1.15 bits per heavy atom. The zero-order valence-electron chi connectivity index (χ0n) is 12.5. The normalized spacial score (nSPS) is 17.9. The maximum absolute atomic E-state index is 12.0. The molecule has 1 aliphatic heterocycles. The van der Waals surface area contributed by atoms with Crippen molar-refractivity contribution >= 4 is 17.3 Å². The first kappa shape index (κ1) is 14.7. The van der Waals surface area contributed by atoms with Crippen LogP contribution in [0.4, 0.5) is 11.4 Å². The van der Waals surface area contributed by atoms with Gasteiger partial charge in [-0.2, -0.15) is 0 Å². The minimum absolute atomic E-state index is 0.0430. The van der Waals surface area contributed by atoms with Crippen LogP contribution in [-0.2, 0) is 4.79 Å². The maximum Gasteiger partial charge on any atom is 0.239 e. The zero-order chi connectivity index (χ0) is 14.7. The van der Waals surface area contributed by atoms with Crippen LogP contribution in [0.25, 0.3) is 0 Å². The van der Waals surface area contributed by atoms with Crippen molar-refractivity contribution in [2.24, 2.45) is 0 Å². The number of anilines is 2. The number of nitrogens with two attached hydrogens (primary N) is 1. The average molecular weight is 276 g/mol. The predicted octanol–water partition coefficient (Wildman–Crippen LogP) is 0.868. The number of nitrogens with zero attached hydrogens (tertiary/aromatic N) is 3. The first-order valence-electron chi connectivity index (χ1n) is 7.04. The number of hydrogen-bond donors (Lipinski definition) is 1. The van der Waals surface area contributed by atoms with E-state index in [1.807, 2.05) is 33.2 Å². The van der Waals surface area contributed by atoms with E-state index in [9.17, 15) is 4.79 Å². The third kappa shape index (κ3) is 3.22. The van der Waals surface area contributed by atoms with E-state index in [-0.39, 0.29) is 11.9 Å². The fourth-order valence-electron chi connectivity index (χ4n) is 2.58. The second-order valence-corrected chi connectivity index (χ2v) is 5.52. The second kappa shape index (κ2) is 6.13. The highest BCUT2D eigenvalue weighted by atomic mass is 16.2. The van der Waals surface area contributed by atoms with Gasteiger partial charge >= 0.3 is 0 Å². The lowest BCUT2D eigenvalue weighted by molar-refractivity contribution is -0.133. The monoisotopic (exact) mass is 276 g/mol. The Balaban J connectivity index is 1.92. The topological polar surface area (TPSA) is 52.8 Å². The lowest BCUT2D eigenvalue weighted by Crippen LogP contribution is -2.53. The fourth-order valence-corrected chi connectivity index (χ4v) is 2.58. The number of carbonyl (C=O) groups excluding carboxylic acids is 1. The average Bonchev–Trinajstić information content (AvgIpc) is 2.46. The first-order chi connectivity index (χ1) is 9.49. The fraction of sp³-hybridized carbons (Fsp3) is 0.533. The molecular formula is C15H24N4O. The zero-order valence-corrected chi connectivity index (χ0v) is 12.5. The highest BCUT2D eigenvalue weighted by molar-refractivity contribution is 5.81. The Labute approximate surface area is 120 Å². The third-order valence-electron chi connectivity index (χ3n) is 3.92. The van der Waals surface area contributed by atoms with Gasteiger partial charge in [-0.1, -0.05) is 0 Å². The second-order valence-electron chi connectivity index (χ2n) is 5.52. The van der Waals surface area contributed by atoms with Gasteiger partial charge in [0.05, 0.1) is 6.04 Å². The largest absolute Gasteiger partial charge is 0.399 e. The molecule has 1 amide bonds. The standard InChI is InChI=1S/C15H24N4O/c1-12(15(20)17(2)3)18-8-10-19(11-9-18)14-6-4-13(16)5-7-14/h4-7,12H,8-11,16H2,1-3H3. The van der Waals surface area contributed by atoms with Crippen molar-refractivity contribution in [3.05, 3.63) is 24.3 Å². The summed E-state index contributed by atoms with van der Waals surface area (Å²) >= 11 is 0. The first-order valence-corrected chi connectivity index (χ1v) is 7.04. The molecule has 2 rings (SSSR count). The minimum Gasteiger partial charge on any atom is -0.399 e. The molecule has 1 aliphatic rings. The van der Waals surface area contributed by atoms with Gasteiger partial charge < -0.3 is 15.5 Å². The Kier molecular flexibility index (Phi) is 4.49. The van der Waals surface area contributed by atoms with Crippen molar-refractivity contribution in [2.75, 3.05) is 50.9 Å². The molecule has 2 N–H and O–H groups in total. The number of piperazine rings is 1. The van der Waals surface area contributed by atoms with Crippen LogP contribution in [-0.4, -0.2) is 62.0 Å². The summed E-state index contributed by atoms with van der Waals surface area (Å²) in [7, 11) is 3.62. The number of carbonyl (C=O) groups is 1. The summed E-state index contributed by atoms with van der Waals surface area (Å²) in [4.78, 5) is 18.2. The Morgan fingerprint density at radius 2 is 1.70 bits per heavy atom. The SMILES string of the molecule is CC(C(=O)N(C)C)N1CCN(c2ccc(N)cc2)CC1. The summed E-state index contributed by atoms with van der Waals surface area (Å²) in [6, 6.07) is 7.93. The van der Waals surface area contributed by atoms with Gasteiger partial charge in [0.25, 0.3) is 0 Å². The van der Waals surface area contributed by atoms with Gasteiger partial charge in [-0.15, -0.1) is 0 Å². The van der Waals surface area contributed by atoms with E-state index in [0.29, 0.717) is 0 Å². The minimum atomic E-state index is -0.0430. The number of rotatable bonds is 3. The summed E-state index contributed by atoms with van der Waals surface area (Å²) < 4.78 is 0. The molecule has 1 saturated heterocycles. The van der Waals surface area contributed by atoms with Gasteiger partial charge in [0.2, 0.25) is 5.91 Å². The van der Waals surface area contributed by atoms with E-state index < -0.39 is 0 Å². The smallest absolute Gasteiger partial charge is 0.239 e. The number of amides is 1. The molecule has 1 fully saturated rings. The molecule has 0 radical (unpaired) electrons. The predicted molar refractivity (Wildman–Crippen MR) is 82.8 cm³/mol. The van der Waals surface area contributed by atoms with Gasteiger partial charge in [-0.25, -0.2) is 0 Å². The van der Waals surface area contributed by atoms with Crippen molar-refractivity contribution in [2.45, 2.75) is 13.0 Å². The molecule has 1 aromatic carbocycles. The van der Waals surface area contributed by atoms with E-state index in [1.54, 1.807) is 4.90 Å². The van der Waals surface area contributed by atoms with Crippen molar-refractivity contribution in [1.82, 2.24) is 9.80 Å². The molecule has 20 heavy (non-hydrogen) atoms. The molecule has 0 saturated carbocycles. The van der Waals surface area contributed by atoms with Crippen LogP contribution in [0.3, 0.4) is 0 Å². The van der Waals surface area contributed by atoms with Gasteiger partial charge in [0, 0.05) is 51.6 Å². The molecule has 5 nitrogen and oxygen atoms in total. The summed E-state index contributed by atoms with van der Waals surface area (Å²) in [6.07, 6.45) is 0. The summed E-state index contributed by atoms with van der Waals surface area (Å²) in [5.41, 5.74) is 7.70. The van der Waals surface area contributed by atoms with E-state index >= 15 is 0 Å². The van der Waals surface area contributed by atoms with E-state index in [2.05, 4.69) is 21.9 Å². The molecule has 1 unspecified atom stereocenters. The lowest BCUT2D eigenvalue weighted by atomic mass is 10.2. The Morgan fingerprint density at radius 3 is 2.20 bits per heavy atom. The van der Waals surface area contributed by atoms with Crippen molar-refractivity contribution in [3.63, 3.8) is 0 Å². The van der Waals surface area contributed by atoms with Gasteiger partial charge in [-0.3, -0.25) is 9.69 Å². The summed E-state index contributed by atoms with van der Waals surface area (Å²) in [5.74, 6) is 0.172. The molecule has 0 bridgehead atoms. The quantitative estimate of drug-likeness (QED) is 0.832. The van der Waals surface area contributed by atoms with E-state index in [1.165, 1.54) is 5.69 Å². The molecule has 5 heteroatoms.